The van der Waals surface area contributed by atoms with Crippen LogP contribution in [-0.4, -0.2) is 49.0 Å². The Morgan fingerprint density at radius 2 is 2.00 bits per heavy atom. The van der Waals surface area contributed by atoms with E-state index >= 15 is 0 Å². The van der Waals surface area contributed by atoms with Gasteiger partial charge in [-0.05, 0) is 12.5 Å². The van der Waals surface area contributed by atoms with Gasteiger partial charge in [-0.1, -0.05) is 20.8 Å². The Morgan fingerprint density at radius 3 is 2.38 bits per heavy atom. The number of ether oxygens (including phenoxy) is 1. The normalized spacial score (nSPS) is 30.0. The summed E-state index contributed by atoms with van der Waals surface area (Å²) in [6.45, 7) is 8.73. The summed E-state index contributed by atoms with van der Waals surface area (Å²) in [6, 6.07) is 0.180. The Labute approximate surface area is 80.7 Å². The lowest BCUT2D eigenvalue weighted by Gasteiger charge is -2.31. The molecule has 2 atom stereocenters. The molecule has 0 aromatic carbocycles. The van der Waals surface area contributed by atoms with E-state index in [1.54, 1.807) is 0 Å². The van der Waals surface area contributed by atoms with E-state index in [0.29, 0.717) is 13.2 Å². The second-order valence-electron chi connectivity index (χ2n) is 5.15. The van der Waals surface area contributed by atoms with Crippen LogP contribution in [0.15, 0.2) is 0 Å². The molecular weight excluding hydrogens is 166 g/mol. The van der Waals surface area contributed by atoms with E-state index in [9.17, 15) is 5.11 Å². The molecule has 0 aromatic rings. The number of nitrogens with zero attached hydrogens (tertiary/aromatic N) is 1. The zero-order chi connectivity index (χ0) is 10.1. The van der Waals surface area contributed by atoms with Crippen molar-refractivity contribution < 1.29 is 9.84 Å². The minimum absolute atomic E-state index is 0.180. The molecule has 0 saturated carbocycles. The van der Waals surface area contributed by atoms with E-state index in [-0.39, 0.29) is 17.6 Å². The van der Waals surface area contributed by atoms with Crippen LogP contribution in [0.2, 0.25) is 0 Å². The van der Waals surface area contributed by atoms with Gasteiger partial charge in [0, 0.05) is 6.54 Å². The molecule has 78 valence electrons. The molecular formula is C10H21NO2. The third-order valence-corrected chi connectivity index (χ3v) is 2.31. The maximum Gasteiger partial charge on any atom is 0.0950 e. The van der Waals surface area contributed by atoms with Crippen LogP contribution in [0.1, 0.15) is 20.8 Å². The van der Waals surface area contributed by atoms with Crippen molar-refractivity contribution in [3.8, 4) is 0 Å². The lowest BCUT2D eigenvalue weighted by Crippen LogP contribution is -2.44. The number of hydrogen-bond donors (Lipinski definition) is 1. The summed E-state index contributed by atoms with van der Waals surface area (Å²) in [5, 5.41) is 9.59. The van der Waals surface area contributed by atoms with Gasteiger partial charge in [-0.15, -0.1) is 0 Å². The highest BCUT2D eigenvalue weighted by atomic mass is 16.5. The summed E-state index contributed by atoms with van der Waals surface area (Å²) in [7, 11) is 2.05. The minimum atomic E-state index is -0.313. The average molecular weight is 187 g/mol. The van der Waals surface area contributed by atoms with Crippen molar-refractivity contribution in [2.45, 2.75) is 32.9 Å². The van der Waals surface area contributed by atoms with E-state index in [0.717, 1.165) is 6.54 Å². The largest absolute Gasteiger partial charge is 0.389 e. The van der Waals surface area contributed by atoms with Gasteiger partial charge >= 0.3 is 0 Å². The van der Waals surface area contributed by atoms with E-state index < -0.39 is 0 Å². The molecule has 3 heteroatoms. The maximum absolute atomic E-state index is 9.59. The van der Waals surface area contributed by atoms with Gasteiger partial charge in [0.25, 0.3) is 0 Å². The predicted molar refractivity (Wildman–Crippen MR) is 52.7 cm³/mol. The number of likely N-dealkylation sites (N-methyl/N-ethyl adjacent to an activating group) is 1. The lowest BCUT2D eigenvalue weighted by molar-refractivity contribution is 0.0787. The Bertz CT molecular complexity index is 165. The zero-order valence-electron chi connectivity index (χ0n) is 9.08. The van der Waals surface area contributed by atoms with Gasteiger partial charge in [0.15, 0.2) is 0 Å². The summed E-state index contributed by atoms with van der Waals surface area (Å²) >= 11 is 0. The van der Waals surface area contributed by atoms with Crippen LogP contribution in [-0.2, 0) is 4.74 Å². The second-order valence-corrected chi connectivity index (χ2v) is 5.15. The van der Waals surface area contributed by atoms with Crippen LogP contribution >= 0.6 is 0 Å². The zero-order valence-corrected chi connectivity index (χ0v) is 9.08. The molecule has 3 nitrogen and oxygen atoms in total. The monoisotopic (exact) mass is 187 g/mol. The molecule has 1 heterocycles. The van der Waals surface area contributed by atoms with Crippen LogP contribution in [0.3, 0.4) is 0 Å². The van der Waals surface area contributed by atoms with Crippen molar-refractivity contribution in [2.24, 2.45) is 5.41 Å². The molecule has 1 aliphatic rings. The highest BCUT2D eigenvalue weighted by Gasteiger charge is 2.31. The quantitative estimate of drug-likeness (QED) is 0.691. The van der Waals surface area contributed by atoms with Gasteiger partial charge in [-0.25, -0.2) is 0 Å². The summed E-state index contributed by atoms with van der Waals surface area (Å²) in [5.74, 6) is 0. The Kier molecular flexibility index (Phi) is 3.33. The molecule has 0 bridgehead atoms. The number of rotatable bonds is 2. The van der Waals surface area contributed by atoms with Crippen molar-refractivity contribution in [1.29, 1.82) is 0 Å². The van der Waals surface area contributed by atoms with Gasteiger partial charge in [-0.2, -0.15) is 0 Å². The Hall–Kier alpha value is -0.120. The molecule has 1 saturated heterocycles. The van der Waals surface area contributed by atoms with E-state index in [2.05, 4.69) is 25.7 Å². The number of aliphatic hydroxyl groups excluding tert-OH is 1. The first-order valence-corrected chi connectivity index (χ1v) is 4.86. The van der Waals surface area contributed by atoms with Crippen LogP contribution in [0.4, 0.5) is 0 Å². The Morgan fingerprint density at radius 1 is 1.38 bits per heavy atom. The molecule has 0 aliphatic carbocycles. The minimum Gasteiger partial charge on any atom is -0.389 e. The smallest absolute Gasteiger partial charge is 0.0950 e. The third-order valence-electron chi connectivity index (χ3n) is 2.31. The van der Waals surface area contributed by atoms with Gasteiger partial charge in [0.1, 0.15) is 0 Å². The van der Waals surface area contributed by atoms with Gasteiger partial charge in [0.05, 0.1) is 25.4 Å². The van der Waals surface area contributed by atoms with E-state index in [1.807, 2.05) is 7.05 Å². The van der Waals surface area contributed by atoms with Crippen LogP contribution in [0.5, 0.6) is 0 Å². The first-order chi connectivity index (χ1) is 5.90. The van der Waals surface area contributed by atoms with Gasteiger partial charge in [-0.3, -0.25) is 4.90 Å². The van der Waals surface area contributed by atoms with Crippen LogP contribution in [0.25, 0.3) is 0 Å². The van der Waals surface area contributed by atoms with Gasteiger partial charge in [0.2, 0.25) is 0 Å². The van der Waals surface area contributed by atoms with Crippen molar-refractivity contribution >= 4 is 0 Å². The predicted octanol–water partition coefficient (Wildman–Crippen LogP) is 0.724. The average Bonchev–Trinajstić information content (AvgIpc) is 2.30. The second kappa shape index (κ2) is 3.95. The van der Waals surface area contributed by atoms with Crippen LogP contribution < -0.4 is 0 Å². The summed E-state index contributed by atoms with van der Waals surface area (Å²) < 4.78 is 5.21. The van der Waals surface area contributed by atoms with Crippen molar-refractivity contribution in [2.75, 3.05) is 26.8 Å². The first kappa shape index (κ1) is 11.0. The van der Waals surface area contributed by atoms with Crippen molar-refractivity contribution in [3.05, 3.63) is 0 Å². The van der Waals surface area contributed by atoms with Crippen molar-refractivity contribution in [3.63, 3.8) is 0 Å². The summed E-state index contributed by atoms with van der Waals surface area (Å²) in [5.41, 5.74) is 0.275. The molecule has 1 fully saturated rings. The fourth-order valence-corrected chi connectivity index (χ4v) is 1.82. The molecule has 0 spiro atoms. The van der Waals surface area contributed by atoms with E-state index in [1.165, 1.54) is 0 Å². The molecule has 0 amide bonds. The third kappa shape index (κ3) is 3.25. The van der Waals surface area contributed by atoms with Crippen LogP contribution in [0, 0.1) is 5.41 Å². The number of aliphatic hydroxyl groups is 1. The highest BCUT2D eigenvalue weighted by molar-refractivity contribution is 4.83. The topological polar surface area (TPSA) is 32.7 Å². The standard InChI is InChI=1S/C10H21NO2/c1-10(2,3)7-11(4)8-5-13-6-9(8)12/h8-9,12H,5-7H2,1-4H3/t8-,9-/m1/s1. The molecule has 0 radical (unpaired) electrons. The number of hydrogen-bond acceptors (Lipinski definition) is 3. The fraction of sp³-hybridized carbons (Fsp3) is 1.00. The highest BCUT2D eigenvalue weighted by Crippen LogP contribution is 2.19. The summed E-state index contributed by atoms with van der Waals surface area (Å²) in [4.78, 5) is 2.19. The molecule has 1 N–H and O–H groups in total. The molecule has 1 aliphatic heterocycles. The molecule has 13 heavy (non-hydrogen) atoms. The van der Waals surface area contributed by atoms with Crippen molar-refractivity contribution in [1.82, 2.24) is 4.90 Å². The molecule has 0 unspecified atom stereocenters. The Balaban J connectivity index is 2.43. The maximum atomic E-state index is 9.59. The molecule has 0 aromatic heterocycles. The molecule has 1 rings (SSSR count). The van der Waals surface area contributed by atoms with E-state index in [4.69, 9.17) is 4.74 Å². The summed E-state index contributed by atoms with van der Waals surface area (Å²) in [6.07, 6.45) is -0.313. The SMILES string of the molecule is CN(CC(C)(C)C)[C@@H]1COC[C@H]1O. The van der Waals surface area contributed by atoms with Gasteiger partial charge < -0.3 is 9.84 Å². The fourth-order valence-electron chi connectivity index (χ4n) is 1.82. The lowest BCUT2D eigenvalue weighted by atomic mass is 9.95. The first-order valence-electron chi connectivity index (χ1n) is 4.86.